The van der Waals surface area contributed by atoms with Crippen molar-refractivity contribution >= 4 is 11.9 Å². The number of nitrogens with zero attached hydrogens (tertiary/aromatic N) is 1. The number of aliphatic carboxylic acids is 1. The summed E-state index contributed by atoms with van der Waals surface area (Å²) in [4.78, 5) is 25.3. The van der Waals surface area contributed by atoms with Crippen molar-refractivity contribution in [3.05, 3.63) is 35.4 Å². The van der Waals surface area contributed by atoms with Gasteiger partial charge in [-0.15, -0.1) is 0 Å². The van der Waals surface area contributed by atoms with Gasteiger partial charge < -0.3 is 14.7 Å². The van der Waals surface area contributed by atoms with Crippen LogP contribution in [0.5, 0.6) is 0 Å². The highest BCUT2D eigenvalue weighted by atomic mass is 16.5. The molecular formula is C15H19NO4. The molecule has 5 nitrogen and oxygen atoms in total. The molecule has 20 heavy (non-hydrogen) atoms. The molecule has 0 aromatic heterocycles. The SMILES string of the molecule is Cc1cccc(C(CC(=O)N2CCOCC2)C(=O)O)c1. The number of ether oxygens (including phenoxy) is 1. The molecule has 1 aliphatic rings. The number of rotatable bonds is 4. The van der Waals surface area contributed by atoms with E-state index in [4.69, 9.17) is 4.74 Å². The van der Waals surface area contributed by atoms with Crippen molar-refractivity contribution in [1.82, 2.24) is 4.90 Å². The Balaban J connectivity index is 2.09. The summed E-state index contributed by atoms with van der Waals surface area (Å²) < 4.78 is 5.19. The van der Waals surface area contributed by atoms with Gasteiger partial charge in [-0.2, -0.15) is 0 Å². The van der Waals surface area contributed by atoms with Crippen molar-refractivity contribution in [3.63, 3.8) is 0 Å². The van der Waals surface area contributed by atoms with E-state index in [0.717, 1.165) is 5.56 Å². The van der Waals surface area contributed by atoms with Gasteiger partial charge in [-0.25, -0.2) is 0 Å². The third-order valence-electron chi connectivity index (χ3n) is 3.49. The van der Waals surface area contributed by atoms with Gasteiger partial charge in [0.15, 0.2) is 0 Å². The number of hydrogen-bond donors (Lipinski definition) is 1. The van der Waals surface area contributed by atoms with Crippen LogP contribution < -0.4 is 0 Å². The first-order valence-electron chi connectivity index (χ1n) is 6.73. The van der Waals surface area contributed by atoms with Crippen LogP contribution in [0.15, 0.2) is 24.3 Å². The minimum absolute atomic E-state index is 0.00120. The van der Waals surface area contributed by atoms with E-state index in [-0.39, 0.29) is 12.3 Å². The molecule has 1 aliphatic heterocycles. The summed E-state index contributed by atoms with van der Waals surface area (Å²) in [5, 5.41) is 9.37. The van der Waals surface area contributed by atoms with Crippen LogP contribution in [0.3, 0.4) is 0 Å². The fourth-order valence-electron chi connectivity index (χ4n) is 2.35. The van der Waals surface area contributed by atoms with E-state index >= 15 is 0 Å². The van der Waals surface area contributed by atoms with Crippen molar-refractivity contribution in [2.75, 3.05) is 26.3 Å². The Hall–Kier alpha value is -1.88. The van der Waals surface area contributed by atoms with E-state index in [9.17, 15) is 14.7 Å². The standard InChI is InChI=1S/C15H19NO4/c1-11-3-2-4-12(9-11)13(15(18)19)10-14(17)16-5-7-20-8-6-16/h2-4,9,13H,5-8,10H2,1H3,(H,18,19). The fraction of sp³-hybridized carbons (Fsp3) is 0.467. The summed E-state index contributed by atoms with van der Waals surface area (Å²) in [5.74, 6) is -1.87. The maximum atomic E-state index is 12.2. The zero-order chi connectivity index (χ0) is 14.5. The van der Waals surface area contributed by atoms with Crippen LogP contribution in [0.25, 0.3) is 0 Å². The smallest absolute Gasteiger partial charge is 0.311 e. The number of carbonyl (C=O) groups excluding carboxylic acids is 1. The Morgan fingerprint density at radius 1 is 1.35 bits per heavy atom. The lowest BCUT2D eigenvalue weighted by Crippen LogP contribution is -2.41. The molecule has 0 aliphatic carbocycles. The first-order valence-corrected chi connectivity index (χ1v) is 6.73. The molecule has 1 fully saturated rings. The summed E-state index contributed by atoms with van der Waals surface area (Å²) in [6, 6.07) is 7.32. The highest BCUT2D eigenvalue weighted by molar-refractivity contribution is 5.85. The van der Waals surface area contributed by atoms with Gasteiger partial charge in [0.1, 0.15) is 0 Å². The Morgan fingerprint density at radius 2 is 2.05 bits per heavy atom. The molecule has 1 aromatic carbocycles. The molecule has 1 unspecified atom stereocenters. The molecule has 1 heterocycles. The monoisotopic (exact) mass is 277 g/mol. The molecule has 0 radical (unpaired) electrons. The van der Waals surface area contributed by atoms with Gasteiger partial charge in [0, 0.05) is 19.5 Å². The number of morpholine rings is 1. The van der Waals surface area contributed by atoms with Gasteiger partial charge in [0.25, 0.3) is 0 Å². The zero-order valence-electron chi connectivity index (χ0n) is 11.5. The van der Waals surface area contributed by atoms with Gasteiger partial charge in [-0.3, -0.25) is 9.59 Å². The third kappa shape index (κ3) is 3.57. The Bertz CT molecular complexity index is 494. The number of hydrogen-bond acceptors (Lipinski definition) is 3. The number of carbonyl (C=O) groups is 2. The molecule has 1 saturated heterocycles. The second-order valence-electron chi connectivity index (χ2n) is 5.00. The molecule has 1 aromatic rings. The molecule has 0 saturated carbocycles. The normalized spacial score (nSPS) is 16.8. The number of carboxylic acids is 1. The molecule has 5 heteroatoms. The van der Waals surface area contributed by atoms with Gasteiger partial charge in [-0.05, 0) is 12.5 Å². The molecule has 2 rings (SSSR count). The van der Waals surface area contributed by atoms with Crippen LogP contribution in [0, 0.1) is 6.92 Å². The van der Waals surface area contributed by atoms with Crippen molar-refractivity contribution in [3.8, 4) is 0 Å². The van der Waals surface area contributed by atoms with E-state index in [1.54, 1.807) is 11.0 Å². The van der Waals surface area contributed by atoms with E-state index in [1.807, 2.05) is 25.1 Å². The molecule has 0 spiro atoms. The van der Waals surface area contributed by atoms with Crippen LogP contribution in [0.4, 0.5) is 0 Å². The van der Waals surface area contributed by atoms with Crippen LogP contribution in [0.1, 0.15) is 23.5 Å². The molecule has 1 N–H and O–H groups in total. The van der Waals surface area contributed by atoms with Crippen LogP contribution >= 0.6 is 0 Å². The number of aryl methyl sites for hydroxylation is 1. The highest BCUT2D eigenvalue weighted by Gasteiger charge is 2.26. The first kappa shape index (κ1) is 14.5. The molecule has 108 valence electrons. The third-order valence-corrected chi connectivity index (χ3v) is 3.49. The molecule has 1 atom stereocenters. The Morgan fingerprint density at radius 3 is 2.65 bits per heavy atom. The summed E-state index contributed by atoms with van der Waals surface area (Å²) in [6.45, 7) is 4.03. The second kappa shape index (κ2) is 6.52. The van der Waals surface area contributed by atoms with E-state index in [0.29, 0.717) is 31.9 Å². The average molecular weight is 277 g/mol. The van der Waals surface area contributed by atoms with Crippen LogP contribution in [-0.4, -0.2) is 48.2 Å². The van der Waals surface area contributed by atoms with E-state index in [1.165, 1.54) is 0 Å². The maximum absolute atomic E-state index is 12.2. The van der Waals surface area contributed by atoms with Crippen LogP contribution in [0.2, 0.25) is 0 Å². The van der Waals surface area contributed by atoms with E-state index in [2.05, 4.69) is 0 Å². The predicted octanol–water partition coefficient (Wildman–Crippen LogP) is 1.41. The summed E-state index contributed by atoms with van der Waals surface area (Å²) in [6.07, 6.45) is -0.00120. The van der Waals surface area contributed by atoms with Crippen molar-refractivity contribution in [1.29, 1.82) is 0 Å². The maximum Gasteiger partial charge on any atom is 0.311 e. The second-order valence-corrected chi connectivity index (χ2v) is 5.00. The van der Waals surface area contributed by atoms with E-state index < -0.39 is 11.9 Å². The van der Waals surface area contributed by atoms with Crippen molar-refractivity contribution in [2.24, 2.45) is 0 Å². The molecular weight excluding hydrogens is 258 g/mol. The highest BCUT2D eigenvalue weighted by Crippen LogP contribution is 2.22. The Labute approximate surface area is 118 Å². The lowest BCUT2D eigenvalue weighted by atomic mass is 9.94. The van der Waals surface area contributed by atoms with Gasteiger partial charge >= 0.3 is 5.97 Å². The topological polar surface area (TPSA) is 66.8 Å². The minimum Gasteiger partial charge on any atom is -0.481 e. The lowest BCUT2D eigenvalue weighted by molar-refractivity contribution is -0.144. The van der Waals surface area contributed by atoms with Gasteiger partial charge in [0.05, 0.1) is 19.1 Å². The number of carboxylic acid groups (broad SMARTS) is 1. The van der Waals surface area contributed by atoms with Gasteiger partial charge in [0.2, 0.25) is 5.91 Å². The Kier molecular flexibility index (Phi) is 4.74. The predicted molar refractivity (Wildman–Crippen MR) is 73.6 cm³/mol. The van der Waals surface area contributed by atoms with Crippen molar-refractivity contribution < 1.29 is 19.4 Å². The average Bonchev–Trinajstić information content (AvgIpc) is 2.45. The summed E-state index contributed by atoms with van der Waals surface area (Å²) in [5.41, 5.74) is 1.67. The van der Waals surface area contributed by atoms with Crippen molar-refractivity contribution in [2.45, 2.75) is 19.3 Å². The number of benzene rings is 1. The first-order chi connectivity index (χ1) is 9.58. The number of amides is 1. The minimum atomic E-state index is -0.961. The lowest BCUT2D eigenvalue weighted by Gasteiger charge is -2.28. The van der Waals surface area contributed by atoms with Gasteiger partial charge in [-0.1, -0.05) is 29.8 Å². The largest absolute Gasteiger partial charge is 0.481 e. The molecule has 1 amide bonds. The summed E-state index contributed by atoms with van der Waals surface area (Å²) in [7, 11) is 0. The fourth-order valence-corrected chi connectivity index (χ4v) is 2.35. The summed E-state index contributed by atoms with van der Waals surface area (Å²) >= 11 is 0. The van der Waals surface area contributed by atoms with Crippen LogP contribution in [-0.2, 0) is 14.3 Å². The zero-order valence-corrected chi connectivity index (χ0v) is 11.5. The molecule has 0 bridgehead atoms. The quantitative estimate of drug-likeness (QED) is 0.903.